The molecule has 2 rings (SSSR count). The van der Waals surface area contributed by atoms with Crippen molar-refractivity contribution in [3.63, 3.8) is 0 Å². The molecule has 1 saturated carbocycles. The van der Waals surface area contributed by atoms with Crippen LogP contribution in [0.25, 0.3) is 0 Å². The average Bonchev–Trinajstić information content (AvgIpc) is 2.93. The Kier molecular flexibility index (Phi) is 5.56. The van der Waals surface area contributed by atoms with Crippen molar-refractivity contribution in [2.24, 2.45) is 11.7 Å². The Labute approximate surface area is 131 Å². The Morgan fingerprint density at radius 3 is 3.00 bits per heavy atom. The molecule has 2 unspecified atom stereocenters. The molecule has 1 aliphatic carbocycles. The SMILES string of the molecule is CCCOc1cccc(C(=O)NC2CCCC2C(N)=S)c1. The first-order chi connectivity index (χ1) is 10.1. The van der Waals surface area contributed by atoms with Gasteiger partial charge in [0.15, 0.2) is 0 Å². The van der Waals surface area contributed by atoms with Gasteiger partial charge in [-0.3, -0.25) is 4.79 Å². The number of benzene rings is 1. The molecule has 0 spiro atoms. The molecule has 2 atom stereocenters. The maximum Gasteiger partial charge on any atom is 0.251 e. The molecule has 1 aromatic rings. The summed E-state index contributed by atoms with van der Waals surface area (Å²) in [6.45, 7) is 2.70. The number of carbonyl (C=O) groups is 1. The van der Waals surface area contributed by atoms with Crippen LogP contribution < -0.4 is 15.8 Å². The summed E-state index contributed by atoms with van der Waals surface area (Å²) in [5, 5.41) is 3.05. The third kappa shape index (κ3) is 4.17. The Morgan fingerprint density at radius 1 is 1.48 bits per heavy atom. The van der Waals surface area contributed by atoms with Crippen molar-refractivity contribution in [2.45, 2.75) is 38.6 Å². The van der Waals surface area contributed by atoms with Gasteiger partial charge in [0.05, 0.1) is 11.6 Å². The van der Waals surface area contributed by atoms with Gasteiger partial charge in [-0.2, -0.15) is 0 Å². The van der Waals surface area contributed by atoms with Gasteiger partial charge in [0, 0.05) is 17.5 Å². The Morgan fingerprint density at radius 2 is 2.29 bits per heavy atom. The molecule has 0 radical (unpaired) electrons. The fourth-order valence-electron chi connectivity index (χ4n) is 2.67. The predicted molar refractivity (Wildman–Crippen MR) is 87.6 cm³/mol. The predicted octanol–water partition coefficient (Wildman–Crippen LogP) is 2.66. The van der Waals surface area contributed by atoms with E-state index in [0.717, 1.165) is 31.4 Å². The molecule has 0 aliphatic heterocycles. The van der Waals surface area contributed by atoms with Crippen molar-refractivity contribution in [3.8, 4) is 5.75 Å². The van der Waals surface area contributed by atoms with Gasteiger partial charge in [0.2, 0.25) is 0 Å². The second-order valence-corrected chi connectivity index (χ2v) is 5.87. The molecule has 0 saturated heterocycles. The highest BCUT2D eigenvalue weighted by atomic mass is 32.1. The zero-order valence-electron chi connectivity index (χ0n) is 12.3. The van der Waals surface area contributed by atoms with Crippen molar-refractivity contribution in [2.75, 3.05) is 6.61 Å². The third-order valence-electron chi connectivity index (χ3n) is 3.77. The van der Waals surface area contributed by atoms with Gasteiger partial charge in [-0.1, -0.05) is 31.6 Å². The quantitative estimate of drug-likeness (QED) is 0.793. The van der Waals surface area contributed by atoms with Gasteiger partial charge in [-0.15, -0.1) is 0 Å². The van der Waals surface area contributed by atoms with Crippen LogP contribution in [0.1, 0.15) is 43.0 Å². The van der Waals surface area contributed by atoms with E-state index in [1.807, 2.05) is 19.1 Å². The number of thiocarbonyl (C=S) groups is 1. The monoisotopic (exact) mass is 306 g/mol. The highest BCUT2D eigenvalue weighted by Crippen LogP contribution is 2.26. The summed E-state index contributed by atoms with van der Waals surface area (Å²) in [5.41, 5.74) is 6.35. The second-order valence-electron chi connectivity index (χ2n) is 5.40. The lowest BCUT2D eigenvalue weighted by atomic mass is 10.0. The molecule has 5 heteroatoms. The average molecular weight is 306 g/mol. The molecule has 0 aromatic heterocycles. The maximum atomic E-state index is 12.3. The minimum atomic E-state index is -0.0925. The zero-order valence-corrected chi connectivity index (χ0v) is 13.1. The first-order valence-corrected chi connectivity index (χ1v) is 7.85. The number of nitrogens with two attached hydrogens (primary N) is 1. The van der Waals surface area contributed by atoms with Gasteiger partial charge in [0.25, 0.3) is 5.91 Å². The fourth-order valence-corrected chi connectivity index (χ4v) is 2.95. The molecule has 3 N–H and O–H groups in total. The zero-order chi connectivity index (χ0) is 15.2. The summed E-state index contributed by atoms with van der Waals surface area (Å²) in [5.74, 6) is 0.746. The Hall–Kier alpha value is -1.62. The van der Waals surface area contributed by atoms with E-state index in [1.165, 1.54) is 0 Å². The van der Waals surface area contributed by atoms with Crippen LogP contribution >= 0.6 is 12.2 Å². The lowest BCUT2D eigenvalue weighted by molar-refractivity contribution is 0.0933. The van der Waals surface area contributed by atoms with Gasteiger partial charge < -0.3 is 15.8 Å². The van der Waals surface area contributed by atoms with Crippen LogP contribution in [0.2, 0.25) is 0 Å². The van der Waals surface area contributed by atoms with Gasteiger partial charge in [-0.05, 0) is 37.5 Å². The molecule has 0 bridgehead atoms. The van der Waals surface area contributed by atoms with E-state index in [4.69, 9.17) is 22.7 Å². The summed E-state index contributed by atoms with van der Waals surface area (Å²) < 4.78 is 5.55. The number of rotatable bonds is 6. The van der Waals surface area contributed by atoms with Crippen molar-refractivity contribution in [1.82, 2.24) is 5.32 Å². The van der Waals surface area contributed by atoms with E-state index < -0.39 is 0 Å². The van der Waals surface area contributed by atoms with Crippen LogP contribution in [-0.2, 0) is 0 Å². The minimum absolute atomic E-state index is 0.0511. The molecule has 1 amide bonds. The van der Waals surface area contributed by atoms with E-state index in [-0.39, 0.29) is 17.9 Å². The summed E-state index contributed by atoms with van der Waals surface area (Å²) >= 11 is 5.08. The Bertz CT molecular complexity index is 519. The molecular formula is C16H22N2O2S. The number of amides is 1. The third-order valence-corrected chi connectivity index (χ3v) is 4.07. The minimum Gasteiger partial charge on any atom is -0.494 e. The van der Waals surface area contributed by atoms with Crippen molar-refractivity contribution < 1.29 is 9.53 Å². The highest BCUT2D eigenvalue weighted by Gasteiger charge is 2.30. The second kappa shape index (κ2) is 7.41. The van der Waals surface area contributed by atoms with Gasteiger partial charge in [0.1, 0.15) is 5.75 Å². The van der Waals surface area contributed by atoms with Crippen LogP contribution in [0.3, 0.4) is 0 Å². The van der Waals surface area contributed by atoms with Gasteiger partial charge >= 0.3 is 0 Å². The van der Waals surface area contributed by atoms with E-state index in [9.17, 15) is 4.79 Å². The Balaban J connectivity index is 2.01. The standard InChI is InChI=1S/C16H22N2O2S/c1-2-9-20-12-6-3-5-11(10-12)16(19)18-14-8-4-7-13(14)15(17)21/h3,5-6,10,13-14H,2,4,7-9H2,1H3,(H2,17,21)(H,18,19). The molecule has 21 heavy (non-hydrogen) atoms. The molecule has 4 nitrogen and oxygen atoms in total. The van der Waals surface area contributed by atoms with Crippen LogP contribution in [0.15, 0.2) is 24.3 Å². The molecular weight excluding hydrogens is 284 g/mol. The summed E-state index contributed by atoms with van der Waals surface area (Å²) in [7, 11) is 0. The first kappa shape index (κ1) is 15.8. The largest absolute Gasteiger partial charge is 0.494 e. The van der Waals surface area contributed by atoms with E-state index >= 15 is 0 Å². The molecule has 1 aliphatic rings. The summed E-state index contributed by atoms with van der Waals surface area (Å²) in [6.07, 6.45) is 3.88. The number of hydrogen-bond donors (Lipinski definition) is 2. The molecule has 1 aromatic carbocycles. The van der Waals surface area contributed by atoms with Crippen LogP contribution in [0.4, 0.5) is 0 Å². The van der Waals surface area contributed by atoms with Crippen molar-refractivity contribution in [1.29, 1.82) is 0 Å². The first-order valence-electron chi connectivity index (χ1n) is 7.45. The maximum absolute atomic E-state index is 12.3. The summed E-state index contributed by atoms with van der Waals surface area (Å²) in [6, 6.07) is 7.31. The van der Waals surface area contributed by atoms with Gasteiger partial charge in [-0.25, -0.2) is 0 Å². The molecule has 0 heterocycles. The van der Waals surface area contributed by atoms with Crippen molar-refractivity contribution in [3.05, 3.63) is 29.8 Å². The lowest BCUT2D eigenvalue weighted by Crippen LogP contribution is -2.41. The van der Waals surface area contributed by atoms with E-state index in [1.54, 1.807) is 12.1 Å². The summed E-state index contributed by atoms with van der Waals surface area (Å²) in [4.78, 5) is 12.8. The van der Waals surface area contributed by atoms with Crippen LogP contribution in [-0.4, -0.2) is 23.5 Å². The van der Waals surface area contributed by atoms with E-state index in [2.05, 4.69) is 5.32 Å². The smallest absolute Gasteiger partial charge is 0.251 e. The highest BCUT2D eigenvalue weighted by molar-refractivity contribution is 7.80. The van der Waals surface area contributed by atoms with Crippen molar-refractivity contribution >= 4 is 23.1 Å². The normalized spacial score (nSPS) is 21.0. The number of nitrogens with one attached hydrogen (secondary N) is 1. The lowest BCUT2D eigenvalue weighted by Gasteiger charge is -2.20. The van der Waals surface area contributed by atoms with Crippen LogP contribution in [0, 0.1) is 5.92 Å². The fraction of sp³-hybridized carbons (Fsp3) is 0.500. The number of hydrogen-bond acceptors (Lipinski definition) is 3. The van der Waals surface area contributed by atoms with E-state index in [0.29, 0.717) is 17.2 Å². The number of ether oxygens (including phenoxy) is 1. The molecule has 114 valence electrons. The molecule has 1 fully saturated rings. The topological polar surface area (TPSA) is 64.3 Å². The number of carbonyl (C=O) groups excluding carboxylic acids is 1. The van der Waals surface area contributed by atoms with Crippen LogP contribution in [0.5, 0.6) is 5.75 Å².